The summed E-state index contributed by atoms with van der Waals surface area (Å²) in [7, 11) is 0. The first-order valence-electron chi connectivity index (χ1n) is 37.2. The van der Waals surface area contributed by atoms with Crippen LogP contribution in [0.15, 0.2) is 223 Å². The number of amides is 4. The maximum atomic E-state index is 12.2. The fraction of sp³-hybridized carbons (Fsp3) is 0.209. The lowest BCUT2D eigenvalue weighted by Crippen LogP contribution is -2.38. The normalized spacial score (nSPS) is 11.8. The Hall–Kier alpha value is -13.9. The highest BCUT2D eigenvalue weighted by Gasteiger charge is 2.18. The number of carboxylic acid groups (broad SMARTS) is 4. The summed E-state index contributed by atoms with van der Waals surface area (Å²) in [5.74, 6) is -2.98. The van der Waals surface area contributed by atoms with Crippen molar-refractivity contribution in [2.24, 2.45) is 0 Å². The summed E-state index contributed by atoms with van der Waals surface area (Å²) in [5, 5.41) is 51.1. The van der Waals surface area contributed by atoms with E-state index < -0.39 is 41.6 Å². The number of carbonyl (C=O) groups is 8. The van der Waals surface area contributed by atoms with Crippen LogP contribution < -0.4 is 35.5 Å². The smallest absolute Gasteiger partial charge is 0.337 e. The van der Waals surface area contributed by atoms with Gasteiger partial charge in [0.1, 0.15) is 42.8 Å². The van der Waals surface area contributed by atoms with Crippen LogP contribution >= 0.6 is 0 Å². The molecule has 0 saturated carbocycles. The molecule has 1 aliphatic heterocycles. The molecular weight excluding hydrogens is 1480 g/mol. The number of anilines is 4. The summed E-state index contributed by atoms with van der Waals surface area (Å²) < 4.78 is 28.1. The molecule has 2 aromatic heterocycles. The largest absolute Gasteiger partial charge is 0.492 e. The SMILES string of the molecule is CCN(CC)Cc1cc(/C=C/C(=O)Nc2ccccc2C(=O)O)ccc1C.Cc1cc(/C=C/C(=O)Nc2ccccc2C(=O)O)ccc1OCCN1CCOCC1.Cc1cc(/C=C/C(=O)Nc2ccccc2C(=O)O)ccc1OCc1cccnc1.Cc1ccc(/C=C/C(=O)Nc2ccccc2C(=O)O)cc1OCc1c(C)noc1C. The molecule has 0 bridgehead atoms. The second kappa shape index (κ2) is 45.0. The topological polar surface area (TPSA) is 348 Å². The number of hydrogen-bond donors (Lipinski definition) is 8. The fourth-order valence-electron chi connectivity index (χ4n) is 11.5. The molecule has 0 aliphatic carbocycles. The number of para-hydroxylation sites is 4. The Bertz CT molecular complexity index is 5180. The Labute approximate surface area is 673 Å². The molecule has 4 amide bonds. The highest BCUT2D eigenvalue weighted by atomic mass is 16.5. The molecule has 25 nitrogen and oxygen atoms in total. The molecule has 116 heavy (non-hydrogen) atoms. The lowest BCUT2D eigenvalue weighted by molar-refractivity contribution is -0.112. The summed E-state index contributed by atoms with van der Waals surface area (Å²) in [6.45, 7) is 24.4. The second-order valence-corrected chi connectivity index (χ2v) is 26.5. The number of benzene rings is 8. The molecule has 1 aliphatic rings. The van der Waals surface area contributed by atoms with E-state index in [1.807, 2.05) is 107 Å². The van der Waals surface area contributed by atoms with Crippen molar-refractivity contribution >= 4 is 94.6 Å². The first-order chi connectivity index (χ1) is 55.8. The summed E-state index contributed by atoms with van der Waals surface area (Å²) in [6.07, 6.45) is 15.7. The van der Waals surface area contributed by atoms with Crippen LogP contribution in [0.4, 0.5) is 22.7 Å². The van der Waals surface area contributed by atoms with Crippen LogP contribution in [-0.4, -0.2) is 140 Å². The molecule has 0 radical (unpaired) electrons. The van der Waals surface area contributed by atoms with Crippen molar-refractivity contribution in [3.8, 4) is 17.2 Å². The molecule has 3 heterocycles. The molecule has 1 saturated heterocycles. The number of carbonyl (C=O) groups excluding carboxylic acids is 4. The predicted octanol–water partition coefficient (Wildman–Crippen LogP) is 16.1. The summed E-state index contributed by atoms with van der Waals surface area (Å²) in [6, 6.07) is 52.0. The number of aromatic nitrogens is 2. The van der Waals surface area contributed by atoms with E-state index in [-0.39, 0.29) is 50.9 Å². The van der Waals surface area contributed by atoms with Crippen molar-refractivity contribution in [1.82, 2.24) is 19.9 Å². The van der Waals surface area contributed by atoms with E-state index in [0.717, 1.165) is 126 Å². The number of ether oxygens (including phenoxy) is 4. The zero-order valence-corrected chi connectivity index (χ0v) is 65.8. The zero-order chi connectivity index (χ0) is 83.5. The third-order valence-corrected chi connectivity index (χ3v) is 18.1. The molecular formula is C91H94N8O17. The van der Waals surface area contributed by atoms with Crippen molar-refractivity contribution in [3.05, 3.63) is 314 Å². The first kappa shape index (κ1) is 87.7. The molecule has 0 spiro atoms. The number of aryl methyl sites for hydroxylation is 6. The van der Waals surface area contributed by atoms with Crippen molar-refractivity contribution in [2.45, 2.75) is 75.1 Å². The van der Waals surface area contributed by atoms with E-state index in [0.29, 0.717) is 25.6 Å². The number of morpholine rings is 1. The molecule has 8 aromatic carbocycles. The van der Waals surface area contributed by atoms with E-state index in [1.165, 1.54) is 59.7 Å². The van der Waals surface area contributed by atoms with E-state index in [9.17, 15) is 58.8 Å². The van der Waals surface area contributed by atoms with Crippen LogP contribution in [-0.2, 0) is 43.7 Å². The van der Waals surface area contributed by atoms with Crippen molar-refractivity contribution in [2.75, 3.05) is 73.8 Å². The maximum absolute atomic E-state index is 12.2. The van der Waals surface area contributed by atoms with Crippen molar-refractivity contribution in [3.63, 3.8) is 0 Å². The van der Waals surface area contributed by atoms with Crippen LogP contribution in [0.3, 0.4) is 0 Å². The highest BCUT2D eigenvalue weighted by Crippen LogP contribution is 2.27. The standard InChI is InChI=1S/C23H22N2O5.C23H26N2O5.C23H20N2O4.C22H26N2O3/c1-14-8-9-17(12-21(14)29-13-19-15(2)25-30-16(19)3)10-11-22(26)24-20-7-5-4-6-18(20)23(27)28;1-17-16-18(6-8-21(17)30-15-12-25-10-13-29-14-11-25)7-9-22(26)24-20-5-3-2-4-19(20)23(27)28;1-16-13-17(8-10-21(16)29-15-18-5-4-12-24-14-18)9-11-22(26)25-20-7-3-2-6-19(20)23(27)28;1-4-24(5-2)15-18-14-17(11-10-16(18)3)12-13-21(25)23-20-9-7-6-8-19(20)22(26)27/h4-12H,13H2,1-3H3,(H,24,26)(H,27,28);2-9,16H,10-15H2,1H3,(H,24,26)(H,27,28);2-14H,15H2,1H3,(H,25,26)(H,27,28);6-14H,4-5,15H2,1-3H3,(H,23,25)(H,26,27)/b11-10+;9-7+;11-9+;13-12+. The molecule has 25 heteroatoms. The summed E-state index contributed by atoms with van der Waals surface area (Å²) in [4.78, 5) is 102. The minimum atomic E-state index is -1.10. The van der Waals surface area contributed by atoms with Gasteiger partial charge in [0, 0.05) is 68.4 Å². The van der Waals surface area contributed by atoms with Gasteiger partial charge < -0.3 is 65.2 Å². The zero-order valence-electron chi connectivity index (χ0n) is 65.8. The van der Waals surface area contributed by atoms with Gasteiger partial charge in [-0.3, -0.25) is 34.0 Å². The number of nitrogens with one attached hydrogen (secondary N) is 4. The molecule has 0 unspecified atom stereocenters. The molecule has 1 fully saturated rings. The lowest BCUT2D eigenvalue weighted by atomic mass is 10.0. The van der Waals surface area contributed by atoms with Gasteiger partial charge in [-0.2, -0.15) is 0 Å². The van der Waals surface area contributed by atoms with Gasteiger partial charge in [0.15, 0.2) is 0 Å². The van der Waals surface area contributed by atoms with Gasteiger partial charge in [0.25, 0.3) is 0 Å². The quantitative estimate of drug-likeness (QED) is 0.0194. The van der Waals surface area contributed by atoms with E-state index in [1.54, 1.807) is 109 Å². The Balaban J connectivity index is 0.000000193. The maximum Gasteiger partial charge on any atom is 0.337 e. The van der Waals surface area contributed by atoms with E-state index >= 15 is 0 Å². The third kappa shape index (κ3) is 28.1. The lowest BCUT2D eigenvalue weighted by Gasteiger charge is -2.26. The second-order valence-electron chi connectivity index (χ2n) is 26.5. The van der Waals surface area contributed by atoms with Crippen LogP contribution in [0.2, 0.25) is 0 Å². The van der Waals surface area contributed by atoms with Gasteiger partial charge >= 0.3 is 23.9 Å². The number of aromatic carboxylic acids is 4. The van der Waals surface area contributed by atoms with Gasteiger partial charge in [-0.25, -0.2) is 19.2 Å². The van der Waals surface area contributed by atoms with Gasteiger partial charge in [-0.1, -0.05) is 116 Å². The molecule has 10 aromatic rings. The Kier molecular flexibility index (Phi) is 34.0. The third-order valence-electron chi connectivity index (χ3n) is 18.1. The Morgan fingerprint density at radius 2 is 0.862 bits per heavy atom. The fourth-order valence-corrected chi connectivity index (χ4v) is 11.5. The van der Waals surface area contributed by atoms with E-state index in [2.05, 4.69) is 74.1 Å². The minimum absolute atomic E-state index is 0.0320. The van der Waals surface area contributed by atoms with Gasteiger partial charge in [-0.15, -0.1) is 0 Å². The van der Waals surface area contributed by atoms with Gasteiger partial charge in [0.2, 0.25) is 23.6 Å². The minimum Gasteiger partial charge on any atom is -0.492 e. The van der Waals surface area contributed by atoms with Gasteiger partial charge in [0.05, 0.1) is 69.5 Å². The highest BCUT2D eigenvalue weighted by molar-refractivity contribution is 6.09. The predicted molar refractivity (Wildman–Crippen MR) is 447 cm³/mol. The molecule has 600 valence electrons. The average molecular weight is 1570 g/mol. The van der Waals surface area contributed by atoms with Crippen LogP contribution in [0.25, 0.3) is 24.3 Å². The van der Waals surface area contributed by atoms with Crippen LogP contribution in [0.1, 0.15) is 128 Å². The Morgan fingerprint density at radius 3 is 1.27 bits per heavy atom. The number of pyridine rings is 1. The number of carboxylic acids is 4. The first-order valence-corrected chi connectivity index (χ1v) is 37.2. The molecule has 0 atom stereocenters. The summed E-state index contributed by atoms with van der Waals surface area (Å²) in [5.41, 5.74) is 12.6. The number of nitrogens with zero attached hydrogens (tertiary/aromatic N) is 4. The van der Waals surface area contributed by atoms with E-state index in [4.69, 9.17) is 23.5 Å². The van der Waals surface area contributed by atoms with Crippen LogP contribution in [0, 0.1) is 41.5 Å². The van der Waals surface area contributed by atoms with Crippen molar-refractivity contribution < 1.29 is 82.3 Å². The summed E-state index contributed by atoms with van der Waals surface area (Å²) >= 11 is 0. The van der Waals surface area contributed by atoms with Crippen molar-refractivity contribution in [1.29, 1.82) is 0 Å². The number of hydrogen-bond acceptors (Lipinski definition) is 17. The molecule has 8 N–H and O–H groups in total. The van der Waals surface area contributed by atoms with Crippen LogP contribution in [0.5, 0.6) is 17.2 Å². The van der Waals surface area contributed by atoms with Gasteiger partial charge in [-0.05, 0) is 214 Å². The molecule has 11 rings (SSSR count). The number of rotatable bonds is 30. The Morgan fingerprint density at radius 1 is 0.457 bits per heavy atom. The monoisotopic (exact) mass is 1570 g/mol. The average Bonchev–Trinajstić information content (AvgIpc) is 1.31.